The maximum absolute atomic E-state index is 12.1. The van der Waals surface area contributed by atoms with Gasteiger partial charge in [0, 0.05) is 11.5 Å². The zero-order valence-electron chi connectivity index (χ0n) is 11.2. The van der Waals surface area contributed by atoms with E-state index >= 15 is 0 Å². The van der Waals surface area contributed by atoms with Crippen molar-refractivity contribution in [3.63, 3.8) is 0 Å². The standard InChI is InChI=1S/C15H22O3/c1-9-4-7-15-12(9)8-11(5-6-14(15,3)17)10(2)13(16)18-15/h9,11-12,17H,2,4-8H2,1,3H3/t9-,11+,12-,14+,15+/m0/s1. The lowest BCUT2D eigenvalue weighted by Gasteiger charge is -2.45. The van der Waals surface area contributed by atoms with E-state index in [9.17, 15) is 9.90 Å². The van der Waals surface area contributed by atoms with Crippen LogP contribution in [0.25, 0.3) is 0 Å². The average molecular weight is 250 g/mol. The quantitative estimate of drug-likeness (QED) is 0.530. The van der Waals surface area contributed by atoms with Gasteiger partial charge in [0.2, 0.25) is 0 Å². The Morgan fingerprint density at radius 3 is 2.83 bits per heavy atom. The normalized spacial score (nSPS) is 51.6. The van der Waals surface area contributed by atoms with Crippen LogP contribution in [0.2, 0.25) is 0 Å². The molecular weight excluding hydrogens is 228 g/mol. The van der Waals surface area contributed by atoms with E-state index in [1.54, 1.807) is 0 Å². The van der Waals surface area contributed by atoms with Crippen LogP contribution >= 0.6 is 0 Å². The Morgan fingerprint density at radius 1 is 1.39 bits per heavy atom. The van der Waals surface area contributed by atoms with Crippen LogP contribution in [0.15, 0.2) is 12.2 Å². The Bertz CT molecular complexity index is 412. The molecule has 3 nitrogen and oxygen atoms in total. The Hall–Kier alpha value is -0.830. The Balaban J connectivity index is 2.13. The van der Waals surface area contributed by atoms with Gasteiger partial charge in [-0.15, -0.1) is 0 Å². The third kappa shape index (κ3) is 1.37. The minimum Gasteiger partial charge on any atom is -0.452 e. The molecule has 2 aliphatic carbocycles. The average Bonchev–Trinajstić information content (AvgIpc) is 2.50. The van der Waals surface area contributed by atoms with Crippen molar-refractivity contribution in [3.05, 3.63) is 12.2 Å². The molecule has 1 heterocycles. The van der Waals surface area contributed by atoms with E-state index in [1.807, 2.05) is 6.92 Å². The van der Waals surface area contributed by atoms with E-state index in [0.29, 0.717) is 17.9 Å². The molecular formula is C15H22O3. The molecule has 0 aromatic rings. The van der Waals surface area contributed by atoms with E-state index in [1.165, 1.54) is 0 Å². The minimum atomic E-state index is -0.895. The molecule has 0 unspecified atom stereocenters. The van der Waals surface area contributed by atoms with Gasteiger partial charge in [0.05, 0.1) is 0 Å². The highest BCUT2D eigenvalue weighted by Crippen LogP contribution is 2.57. The van der Waals surface area contributed by atoms with Gasteiger partial charge in [-0.3, -0.25) is 0 Å². The summed E-state index contributed by atoms with van der Waals surface area (Å²) >= 11 is 0. The van der Waals surface area contributed by atoms with Crippen molar-refractivity contribution in [2.75, 3.05) is 0 Å². The monoisotopic (exact) mass is 250 g/mol. The highest BCUT2D eigenvalue weighted by Gasteiger charge is 2.63. The number of carbonyl (C=O) groups is 1. The lowest BCUT2D eigenvalue weighted by molar-refractivity contribution is -0.201. The molecule has 0 spiro atoms. The van der Waals surface area contributed by atoms with Crippen molar-refractivity contribution in [1.82, 2.24) is 0 Å². The van der Waals surface area contributed by atoms with Crippen LogP contribution in [0.1, 0.15) is 46.0 Å². The van der Waals surface area contributed by atoms with Gasteiger partial charge in [-0.2, -0.15) is 0 Å². The first-order chi connectivity index (χ1) is 8.37. The molecule has 2 bridgehead atoms. The maximum Gasteiger partial charge on any atom is 0.334 e. The first-order valence-electron chi connectivity index (χ1n) is 7.02. The molecule has 3 aliphatic rings. The number of esters is 1. The van der Waals surface area contributed by atoms with E-state index in [4.69, 9.17) is 4.74 Å². The zero-order valence-corrected chi connectivity index (χ0v) is 11.2. The first kappa shape index (κ1) is 12.2. The van der Waals surface area contributed by atoms with Gasteiger partial charge in [0.1, 0.15) is 11.2 Å². The Kier molecular flexibility index (Phi) is 2.44. The van der Waals surface area contributed by atoms with Crippen LogP contribution in [-0.2, 0) is 9.53 Å². The summed E-state index contributed by atoms with van der Waals surface area (Å²) in [7, 11) is 0. The molecule has 3 fully saturated rings. The summed E-state index contributed by atoms with van der Waals surface area (Å²) in [6.07, 6.45) is 4.33. The molecule has 0 amide bonds. The summed E-state index contributed by atoms with van der Waals surface area (Å²) in [6.45, 7) is 7.98. The highest BCUT2D eigenvalue weighted by atomic mass is 16.6. The summed E-state index contributed by atoms with van der Waals surface area (Å²) in [5.74, 6) is 0.703. The largest absolute Gasteiger partial charge is 0.452 e. The second-order valence-electron chi connectivity index (χ2n) is 6.67. The Morgan fingerprint density at radius 2 is 2.11 bits per heavy atom. The van der Waals surface area contributed by atoms with Crippen molar-refractivity contribution in [2.45, 2.75) is 57.2 Å². The number of carbonyl (C=O) groups excluding carboxylic acids is 1. The molecule has 5 atom stereocenters. The molecule has 0 radical (unpaired) electrons. The van der Waals surface area contributed by atoms with E-state index in [-0.39, 0.29) is 17.8 Å². The fourth-order valence-corrected chi connectivity index (χ4v) is 4.42. The third-order valence-electron chi connectivity index (χ3n) is 5.72. The van der Waals surface area contributed by atoms with Crippen molar-refractivity contribution in [2.24, 2.45) is 17.8 Å². The van der Waals surface area contributed by atoms with E-state index in [0.717, 1.165) is 25.7 Å². The van der Waals surface area contributed by atoms with Gasteiger partial charge in [-0.1, -0.05) is 13.5 Å². The van der Waals surface area contributed by atoms with E-state index < -0.39 is 11.2 Å². The molecule has 1 saturated heterocycles. The molecule has 3 rings (SSSR count). The van der Waals surface area contributed by atoms with Crippen molar-refractivity contribution in [3.8, 4) is 0 Å². The SMILES string of the molecule is C=C1C(=O)O[C@]23CC[C@H](C)[C@@H]2C[C@H]1CC[C@@]3(C)O. The van der Waals surface area contributed by atoms with Gasteiger partial charge < -0.3 is 9.84 Å². The van der Waals surface area contributed by atoms with Crippen LogP contribution in [0.3, 0.4) is 0 Å². The van der Waals surface area contributed by atoms with Crippen LogP contribution in [-0.4, -0.2) is 22.3 Å². The second kappa shape index (κ2) is 3.60. The maximum atomic E-state index is 12.1. The molecule has 3 heteroatoms. The highest BCUT2D eigenvalue weighted by molar-refractivity contribution is 5.89. The zero-order chi connectivity index (χ0) is 13.1. The predicted octanol–water partition coefficient (Wildman–Crippen LogP) is 2.44. The number of ether oxygens (including phenoxy) is 1. The van der Waals surface area contributed by atoms with Crippen LogP contribution in [0.5, 0.6) is 0 Å². The molecule has 1 N–H and O–H groups in total. The topological polar surface area (TPSA) is 46.5 Å². The smallest absolute Gasteiger partial charge is 0.334 e. The lowest BCUT2D eigenvalue weighted by atomic mass is 9.73. The van der Waals surface area contributed by atoms with Gasteiger partial charge in [-0.25, -0.2) is 4.79 Å². The Labute approximate surface area is 108 Å². The number of hydrogen-bond acceptors (Lipinski definition) is 3. The summed E-state index contributed by atoms with van der Waals surface area (Å²) in [5.41, 5.74) is -0.947. The molecule has 1 aliphatic heterocycles. The van der Waals surface area contributed by atoms with Gasteiger partial charge >= 0.3 is 5.97 Å². The number of hydrogen-bond donors (Lipinski definition) is 1. The van der Waals surface area contributed by atoms with Crippen LogP contribution < -0.4 is 0 Å². The number of fused-ring (bicyclic) bond motifs is 1. The van der Waals surface area contributed by atoms with E-state index in [2.05, 4.69) is 13.5 Å². The number of aliphatic hydroxyl groups is 1. The predicted molar refractivity (Wildman–Crippen MR) is 67.8 cm³/mol. The van der Waals surface area contributed by atoms with Gasteiger partial charge in [-0.05, 0) is 50.9 Å². The van der Waals surface area contributed by atoms with Gasteiger partial charge in [0.15, 0.2) is 0 Å². The lowest BCUT2D eigenvalue weighted by Crippen LogP contribution is -2.57. The number of rotatable bonds is 0. The second-order valence-corrected chi connectivity index (χ2v) is 6.67. The summed E-state index contributed by atoms with van der Waals surface area (Å²) in [5, 5.41) is 10.8. The molecule has 2 saturated carbocycles. The fourth-order valence-electron chi connectivity index (χ4n) is 4.42. The van der Waals surface area contributed by atoms with Crippen LogP contribution in [0.4, 0.5) is 0 Å². The first-order valence-corrected chi connectivity index (χ1v) is 7.02. The summed E-state index contributed by atoms with van der Waals surface area (Å²) in [4.78, 5) is 12.1. The molecule has 0 aromatic heterocycles. The van der Waals surface area contributed by atoms with Gasteiger partial charge in [0.25, 0.3) is 0 Å². The van der Waals surface area contributed by atoms with Crippen LogP contribution in [0, 0.1) is 17.8 Å². The van der Waals surface area contributed by atoms with Crippen molar-refractivity contribution >= 4 is 5.97 Å². The molecule has 100 valence electrons. The summed E-state index contributed by atoms with van der Waals surface area (Å²) in [6, 6.07) is 0. The minimum absolute atomic E-state index is 0.193. The molecule has 0 aromatic carbocycles. The fraction of sp³-hybridized carbons (Fsp3) is 0.800. The summed E-state index contributed by atoms with van der Waals surface area (Å²) < 4.78 is 5.80. The third-order valence-corrected chi connectivity index (χ3v) is 5.72. The van der Waals surface area contributed by atoms with Crippen molar-refractivity contribution < 1.29 is 14.6 Å². The van der Waals surface area contributed by atoms with Crippen molar-refractivity contribution in [1.29, 1.82) is 0 Å². The molecule has 18 heavy (non-hydrogen) atoms.